The summed E-state index contributed by atoms with van der Waals surface area (Å²) in [5, 5.41) is 0. The van der Waals surface area contributed by atoms with Gasteiger partial charge in [-0.15, -0.1) is 0 Å². The van der Waals surface area contributed by atoms with Crippen LogP contribution in [0.1, 0.15) is 30.4 Å². The topological polar surface area (TPSA) is 72.2 Å². The molecule has 0 aliphatic rings. The van der Waals surface area contributed by atoms with E-state index in [4.69, 9.17) is 18.0 Å². The van der Waals surface area contributed by atoms with Gasteiger partial charge >= 0.3 is 0 Å². The predicted octanol–water partition coefficient (Wildman–Crippen LogP) is 2.27. The number of rotatable bonds is 10. The van der Waals surface area contributed by atoms with E-state index in [1.807, 2.05) is 11.8 Å². The van der Waals surface area contributed by atoms with Crippen LogP contribution in [0.15, 0.2) is 24.3 Å². The van der Waals surface area contributed by atoms with Crippen LogP contribution >= 0.6 is 24.0 Å². The molecule has 0 saturated carbocycles. The van der Waals surface area contributed by atoms with Crippen molar-refractivity contribution in [3.8, 4) is 0 Å². The number of thiocarbonyl (C=S) groups is 1. The molecule has 21 heavy (non-hydrogen) atoms. The Hall–Kier alpha value is -0.630. The molecule has 0 atom stereocenters. The van der Waals surface area contributed by atoms with Gasteiger partial charge in [-0.1, -0.05) is 42.9 Å². The second-order valence-electron chi connectivity index (χ2n) is 4.77. The van der Waals surface area contributed by atoms with Crippen LogP contribution in [0.4, 0.5) is 0 Å². The Kier molecular flexibility index (Phi) is 8.24. The Morgan fingerprint density at radius 1 is 1.24 bits per heavy atom. The van der Waals surface area contributed by atoms with E-state index in [0.717, 1.165) is 36.1 Å². The molecule has 118 valence electrons. The third-order valence-corrected chi connectivity index (χ3v) is 5.23. The van der Waals surface area contributed by atoms with Crippen molar-refractivity contribution in [2.45, 2.75) is 25.0 Å². The van der Waals surface area contributed by atoms with E-state index < -0.39 is 10.0 Å². The van der Waals surface area contributed by atoms with E-state index in [-0.39, 0.29) is 5.75 Å². The van der Waals surface area contributed by atoms with Crippen molar-refractivity contribution in [1.29, 1.82) is 0 Å². The van der Waals surface area contributed by atoms with Gasteiger partial charge in [0.25, 0.3) is 0 Å². The van der Waals surface area contributed by atoms with E-state index in [9.17, 15) is 8.42 Å². The van der Waals surface area contributed by atoms with Gasteiger partial charge < -0.3 is 5.73 Å². The van der Waals surface area contributed by atoms with Crippen LogP contribution in [0.3, 0.4) is 0 Å². The SMILES string of the molecule is CSCCCCCNS(=O)(=O)Cc1ccc(C(N)=S)cc1. The minimum Gasteiger partial charge on any atom is -0.389 e. The summed E-state index contributed by atoms with van der Waals surface area (Å²) < 4.78 is 26.5. The van der Waals surface area contributed by atoms with Gasteiger partial charge in [-0.3, -0.25) is 0 Å². The van der Waals surface area contributed by atoms with Crippen LogP contribution in [0.5, 0.6) is 0 Å². The molecule has 0 heterocycles. The van der Waals surface area contributed by atoms with Gasteiger partial charge in [-0.25, -0.2) is 13.1 Å². The largest absolute Gasteiger partial charge is 0.389 e. The zero-order valence-corrected chi connectivity index (χ0v) is 14.6. The average molecular weight is 347 g/mol. The van der Waals surface area contributed by atoms with Crippen molar-refractivity contribution in [3.63, 3.8) is 0 Å². The van der Waals surface area contributed by atoms with Crippen LogP contribution in [-0.2, 0) is 15.8 Å². The lowest BCUT2D eigenvalue weighted by atomic mass is 10.1. The highest BCUT2D eigenvalue weighted by atomic mass is 32.2. The summed E-state index contributed by atoms with van der Waals surface area (Å²) >= 11 is 6.67. The molecule has 3 N–H and O–H groups in total. The molecule has 0 saturated heterocycles. The zero-order valence-electron chi connectivity index (χ0n) is 12.2. The maximum atomic E-state index is 11.9. The summed E-state index contributed by atoms with van der Waals surface area (Å²) in [4.78, 5) is 0.313. The van der Waals surface area contributed by atoms with Gasteiger partial charge in [0.2, 0.25) is 10.0 Å². The van der Waals surface area contributed by atoms with Crippen molar-refractivity contribution in [2.75, 3.05) is 18.6 Å². The quantitative estimate of drug-likeness (QED) is 0.502. The average Bonchev–Trinajstić information content (AvgIpc) is 2.43. The first kappa shape index (κ1) is 18.4. The highest BCUT2D eigenvalue weighted by Crippen LogP contribution is 2.08. The van der Waals surface area contributed by atoms with Gasteiger partial charge in [0.05, 0.1) is 5.75 Å². The van der Waals surface area contributed by atoms with Crippen LogP contribution in [-0.4, -0.2) is 32.0 Å². The number of nitrogens with one attached hydrogen (secondary N) is 1. The van der Waals surface area contributed by atoms with Crippen LogP contribution in [0, 0.1) is 0 Å². The summed E-state index contributed by atoms with van der Waals surface area (Å²) in [5.74, 6) is 1.11. The Morgan fingerprint density at radius 3 is 2.48 bits per heavy atom. The number of unbranched alkanes of at least 4 members (excludes halogenated alkanes) is 2. The summed E-state index contributed by atoms with van der Waals surface area (Å²) in [7, 11) is -3.28. The fourth-order valence-electron chi connectivity index (χ4n) is 1.81. The molecule has 0 amide bonds. The molecule has 0 spiro atoms. The van der Waals surface area contributed by atoms with E-state index in [2.05, 4.69) is 11.0 Å². The van der Waals surface area contributed by atoms with Crippen molar-refractivity contribution >= 4 is 39.0 Å². The fourth-order valence-corrected chi connectivity index (χ4v) is 3.63. The third kappa shape index (κ3) is 7.80. The number of sulfonamides is 1. The minimum atomic E-state index is -3.28. The number of nitrogens with two attached hydrogens (primary N) is 1. The van der Waals surface area contributed by atoms with Crippen LogP contribution < -0.4 is 10.5 Å². The molecular weight excluding hydrogens is 324 g/mol. The molecule has 1 aromatic rings. The van der Waals surface area contributed by atoms with Crippen molar-refractivity contribution < 1.29 is 8.42 Å². The molecule has 0 radical (unpaired) electrons. The van der Waals surface area contributed by atoms with Gasteiger partial charge in [-0.2, -0.15) is 11.8 Å². The molecule has 0 bridgehead atoms. The second-order valence-corrected chi connectivity index (χ2v) is 8.00. The number of hydrogen-bond acceptors (Lipinski definition) is 4. The lowest BCUT2D eigenvalue weighted by molar-refractivity contribution is 0.575. The van der Waals surface area contributed by atoms with E-state index in [1.165, 1.54) is 0 Å². The van der Waals surface area contributed by atoms with Crippen molar-refractivity contribution in [2.24, 2.45) is 5.73 Å². The number of hydrogen-bond donors (Lipinski definition) is 2. The Bertz CT molecular complexity index is 542. The molecular formula is C14H22N2O2S3. The highest BCUT2D eigenvalue weighted by molar-refractivity contribution is 7.98. The molecule has 0 aromatic heterocycles. The summed E-state index contributed by atoms with van der Waals surface area (Å²) in [5.41, 5.74) is 6.98. The minimum absolute atomic E-state index is 0.0184. The highest BCUT2D eigenvalue weighted by Gasteiger charge is 2.10. The van der Waals surface area contributed by atoms with Crippen molar-refractivity contribution in [3.05, 3.63) is 35.4 Å². The first-order valence-electron chi connectivity index (χ1n) is 6.79. The third-order valence-electron chi connectivity index (χ3n) is 2.94. The molecule has 0 fully saturated rings. The molecule has 0 aliphatic heterocycles. The Balaban J connectivity index is 2.39. The Labute approximate surface area is 136 Å². The van der Waals surface area contributed by atoms with Crippen molar-refractivity contribution in [1.82, 2.24) is 4.72 Å². The molecule has 1 aromatic carbocycles. The fraction of sp³-hybridized carbons (Fsp3) is 0.500. The molecule has 7 heteroatoms. The predicted molar refractivity (Wildman–Crippen MR) is 95.2 cm³/mol. The summed E-state index contributed by atoms with van der Waals surface area (Å²) in [6.07, 6.45) is 5.13. The molecule has 0 unspecified atom stereocenters. The standard InChI is InChI=1S/C14H22N2O2S3/c1-20-10-4-2-3-9-16-21(17,18)11-12-5-7-13(8-6-12)14(15)19/h5-8,16H,2-4,9-11H2,1H3,(H2,15,19). The Morgan fingerprint density at radius 2 is 1.90 bits per heavy atom. The first-order valence-corrected chi connectivity index (χ1v) is 10.2. The van der Waals surface area contributed by atoms with Crippen LogP contribution in [0.2, 0.25) is 0 Å². The molecule has 4 nitrogen and oxygen atoms in total. The zero-order chi connectivity index (χ0) is 15.7. The second kappa shape index (κ2) is 9.40. The smallest absolute Gasteiger partial charge is 0.215 e. The molecule has 1 rings (SSSR count). The maximum Gasteiger partial charge on any atom is 0.215 e. The monoisotopic (exact) mass is 346 g/mol. The number of benzene rings is 1. The van der Waals surface area contributed by atoms with Gasteiger partial charge in [0.1, 0.15) is 4.99 Å². The lowest BCUT2D eigenvalue weighted by Gasteiger charge is -2.07. The summed E-state index contributed by atoms with van der Waals surface area (Å²) in [6.45, 7) is 0.502. The lowest BCUT2D eigenvalue weighted by Crippen LogP contribution is -2.26. The van der Waals surface area contributed by atoms with E-state index in [1.54, 1.807) is 24.3 Å². The normalized spacial score (nSPS) is 11.5. The van der Waals surface area contributed by atoms with Gasteiger partial charge in [0.15, 0.2) is 0 Å². The first-order chi connectivity index (χ1) is 9.94. The van der Waals surface area contributed by atoms with Gasteiger partial charge in [-0.05, 0) is 30.4 Å². The summed E-state index contributed by atoms with van der Waals surface area (Å²) in [6, 6.07) is 6.98. The number of thioether (sulfide) groups is 1. The van der Waals surface area contributed by atoms with Gasteiger partial charge in [0, 0.05) is 12.1 Å². The van der Waals surface area contributed by atoms with E-state index in [0.29, 0.717) is 11.5 Å². The molecule has 0 aliphatic carbocycles. The van der Waals surface area contributed by atoms with E-state index >= 15 is 0 Å². The maximum absolute atomic E-state index is 11.9. The van der Waals surface area contributed by atoms with Crippen LogP contribution in [0.25, 0.3) is 0 Å².